The molecule has 1 aromatic carbocycles. The van der Waals surface area contributed by atoms with E-state index in [1.165, 1.54) is 6.07 Å². The number of nitrogens with zero attached hydrogens (tertiary/aromatic N) is 2. The Balaban J connectivity index is 2.20. The Kier molecular flexibility index (Phi) is 5.70. The molecule has 1 N–H and O–H groups in total. The van der Waals surface area contributed by atoms with Crippen molar-refractivity contribution in [2.24, 2.45) is 0 Å². The number of thiazole rings is 1. The molecule has 0 aliphatic heterocycles. The standard InChI is InChI=1S/C16H22FN3S/c1-4-10-18-12(3)14-11-21-16(19-14)20(5-2)15-9-7-6-8-13(15)17/h6-9,11-12,18H,4-5,10H2,1-3H3. The van der Waals surface area contributed by atoms with Crippen molar-refractivity contribution in [3.63, 3.8) is 0 Å². The lowest BCUT2D eigenvalue weighted by molar-refractivity contribution is 0.561. The summed E-state index contributed by atoms with van der Waals surface area (Å²) in [6.07, 6.45) is 1.09. The van der Waals surface area contributed by atoms with Crippen molar-refractivity contribution in [3.05, 3.63) is 41.2 Å². The molecule has 1 unspecified atom stereocenters. The van der Waals surface area contributed by atoms with E-state index >= 15 is 0 Å². The molecule has 1 atom stereocenters. The Bertz CT molecular complexity index is 570. The number of hydrogen-bond donors (Lipinski definition) is 1. The van der Waals surface area contributed by atoms with Crippen molar-refractivity contribution in [2.75, 3.05) is 18.0 Å². The molecule has 0 saturated carbocycles. The van der Waals surface area contributed by atoms with Crippen LogP contribution < -0.4 is 10.2 Å². The molecule has 114 valence electrons. The van der Waals surface area contributed by atoms with Crippen molar-refractivity contribution >= 4 is 22.2 Å². The van der Waals surface area contributed by atoms with Gasteiger partial charge in [0.1, 0.15) is 5.82 Å². The summed E-state index contributed by atoms with van der Waals surface area (Å²) < 4.78 is 14.0. The van der Waals surface area contributed by atoms with Gasteiger partial charge in [0.05, 0.1) is 11.4 Å². The molecule has 0 saturated heterocycles. The van der Waals surface area contributed by atoms with Crippen LogP contribution in [0.4, 0.5) is 15.2 Å². The van der Waals surface area contributed by atoms with Gasteiger partial charge in [0.15, 0.2) is 5.13 Å². The Morgan fingerprint density at radius 3 is 2.76 bits per heavy atom. The SMILES string of the molecule is CCCNC(C)c1csc(N(CC)c2ccccc2F)n1. The summed E-state index contributed by atoms with van der Waals surface area (Å²) >= 11 is 1.56. The Morgan fingerprint density at radius 1 is 1.33 bits per heavy atom. The van der Waals surface area contributed by atoms with Crippen LogP contribution in [0.1, 0.15) is 38.9 Å². The van der Waals surface area contributed by atoms with Crippen LogP contribution in [0.15, 0.2) is 29.6 Å². The minimum absolute atomic E-state index is 0.215. The third-order valence-electron chi connectivity index (χ3n) is 3.34. The van der Waals surface area contributed by atoms with Crippen LogP contribution >= 0.6 is 11.3 Å². The van der Waals surface area contributed by atoms with Crippen molar-refractivity contribution < 1.29 is 4.39 Å². The summed E-state index contributed by atoms with van der Waals surface area (Å²) in [7, 11) is 0. The molecule has 1 heterocycles. The molecule has 1 aromatic heterocycles. The lowest BCUT2D eigenvalue weighted by Gasteiger charge is -2.20. The van der Waals surface area contributed by atoms with E-state index in [-0.39, 0.29) is 11.9 Å². The maximum atomic E-state index is 14.0. The molecule has 5 heteroatoms. The van der Waals surface area contributed by atoms with E-state index in [9.17, 15) is 4.39 Å². The molecule has 2 aromatic rings. The molecule has 21 heavy (non-hydrogen) atoms. The van der Waals surface area contributed by atoms with Gasteiger partial charge in [0.2, 0.25) is 0 Å². The lowest BCUT2D eigenvalue weighted by Crippen LogP contribution is -2.20. The predicted molar refractivity (Wildman–Crippen MR) is 87.9 cm³/mol. The molecular formula is C16H22FN3S. The fourth-order valence-electron chi connectivity index (χ4n) is 2.14. The highest BCUT2D eigenvalue weighted by Crippen LogP contribution is 2.31. The monoisotopic (exact) mass is 307 g/mol. The molecular weight excluding hydrogens is 285 g/mol. The first-order valence-corrected chi connectivity index (χ1v) is 8.26. The van der Waals surface area contributed by atoms with Crippen LogP contribution in [0, 0.1) is 5.82 Å². The molecule has 0 aliphatic carbocycles. The van der Waals surface area contributed by atoms with Crippen molar-refractivity contribution in [2.45, 2.75) is 33.2 Å². The van der Waals surface area contributed by atoms with Crippen LogP contribution in [0.3, 0.4) is 0 Å². The summed E-state index contributed by atoms with van der Waals surface area (Å²) in [5.41, 5.74) is 1.59. The predicted octanol–water partition coefficient (Wildman–Crippen LogP) is 4.50. The van der Waals surface area contributed by atoms with E-state index in [0.29, 0.717) is 12.2 Å². The van der Waals surface area contributed by atoms with Crippen LogP contribution in [0.25, 0.3) is 0 Å². The second-order valence-corrected chi connectivity index (χ2v) is 5.76. The number of halogens is 1. The van der Waals surface area contributed by atoms with Gasteiger partial charge in [-0.2, -0.15) is 0 Å². The highest BCUT2D eigenvalue weighted by Gasteiger charge is 2.16. The van der Waals surface area contributed by atoms with Crippen LogP contribution in [0.2, 0.25) is 0 Å². The van der Waals surface area contributed by atoms with E-state index in [1.54, 1.807) is 23.5 Å². The van der Waals surface area contributed by atoms with Gasteiger partial charge in [0.25, 0.3) is 0 Å². The van der Waals surface area contributed by atoms with E-state index in [0.717, 1.165) is 23.8 Å². The maximum Gasteiger partial charge on any atom is 0.190 e. The first-order valence-electron chi connectivity index (χ1n) is 7.38. The number of rotatable bonds is 7. The van der Waals surface area contributed by atoms with Gasteiger partial charge >= 0.3 is 0 Å². The second kappa shape index (κ2) is 7.52. The van der Waals surface area contributed by atoms with Crippen molar-refractivity contribution in [1.29, 1.82) is 0 Å². The highest BCUT2D eigenvalue weighted by atomic mass is 32.1. The third kappa shape index (κ3) is 3.80. The quantitative estimate of drug-likeness (QED) is 0.816. The van der Waals surface area contributed by atoms with Crippen molar-refractivity contribution in [1.82, 2.24) is 10.3 Å². The van der Waals surface area contributed by atoms with E-state index in [1.807, 2.05) is 23.3 Å². The summed E-state index contributed by atoms with van der Waals surface area (Å²) in [6, 6.07) is 7.04. The zero-order chi connectivity index (χ0) is 15.2. The second-order valence-electron chi connectivity index (χ2n) is 4.93. The minimum atomic E-state index is -0.215. The summed E-state index contributed by atoms with van der Waals surface area (Å²) in [4.78, 5) is 6.58. The number of aromatic nitrogens is 1. The Labute approximate surface area is 129 Å². The summed E-state index contributed by atoms with van der Waals surface area (Å²) in [6.45, 7) is 7.91. The fourth-order valence-corrected chi connectivity index (χ4v) is 3.14. The molecule has 0 spiro atoms. The molecule has 0 radical (unpaired) electrons. The maximum absolute atomic E-state index is 14.0. The number of hydrogen-bond acceptors (Lipinski definition) is 4. The van der Waals surface area contributed by atoms with Crippen LogP contribution in [-0.4, -0.2) is 18.1 Å². The normalized spacial score (nSPS) is 12.4. The molecule has 0 fully saturated rings. The average Bonchev–Trinajstić information content (AvgIpc) is 2.97. The zero-order valence-electron chi connectivity index (χ0n) is 12.8. The Hall–Kier alpha value is -1.46. The molecule has 0 amide bonds. The third-order valence-corrected chi connectivity index (χ3v) is 4.23. The first-order chi connectivity index (χ1) is 10.2. The Morgan fingerprint density at radius 2 is 2.10 bits per heavy atom. The van der Waals surface area contributed by atoms with Gasteiger partial charge in [0, 0.05) is 18.0 Å². The van der Waals surface area contributed by atoms with Gasteiger partial charge in [-0.25, -0.2) is 9.37 Å². The molecule has 0 aliphatic rings. The zero-order valence-corrected chi connectivity index (χ0v) is 13.6. The molecule has 3 nitrogen and oxygen atoms in total. The topological polar surface area (TPSA) is 28.2 Å². The number of anilines is 2. The number of nitrogens with one attached hydrogen (secondary N) is 1. The van der Waals surface area contributed by atoms with Gasteiger partial charge in [-0.1, -0.05) is 19.1 Å². The summed E-state index contributed by atoms with van der Waals surface area (Å²) in [5.74, 6) is -0.215. The first kappa shape index (κ1) is 15.9. The minimum Gasteiger partial charge on any atom is -0.315 e. The van der Waals surface area contributed by atoms with Crippen molar-refractivity contribution in [3.8, 4) is 0 Å². The smallest absolute Gasteiger partial charge is 0.190 e. The fraction of sp³-hybridized carbons (Fsp3) is 0.438. The largest absolute Gasteiger partial charge is 0.315 e. The van der Waals surface area contributed by atoms with Gasteiger partial charge < -0.3 is 10.2 Å². The average molecular weight is 307 g/mol. The van der Waals surface area contributed by atoms with Gasteiger partial charge in [-0.05, 0) is 38.9 Å². The van der Waals surface area contributed by atoms with Crippen LogP contribution in [-0.2, 0) is 0 Å². The highest BCUT2D eigenvalue weighted by molar-refractivity contribution is 7.13. The number of benzene rings is 1. The van der Waals surface area contributed by atoms with E-state index < -0.39 is 0 Å². The van der Waals surface area contributed by atoms with Crippen LogP contribution in [0.5, 0.6) is 0 Å². The van der Waals surface area contributed by atoms with Gasteiger partial charge in [-0.3, -0.25) is 0 Å². The lowest BCUT2D eigenvalue weighted by atomic mass is 10.2. The van der Waals surface area contributed by atoms with E-state index in [4.69, 9.17) is 0 Å². The molecule has 2 rings (SSSR count). The van der Waals surface area contributed by atoms with E-state index in [2.05, 4.69) is 24.1 Å². The van der Waals surface area contributed by atoms with Gasteiger partial charge in [-0.15, -0.1) is 11.3 Å². The number of para-hydroxylation sites is 1. The molecule has 0 bridgehead atoms. The summed E-state index contributed by atoms with van der Waals surface area (Å²) in [5, 5.41) is 6.31.